The van der Waals surface area contributed by atoms with Gasteiger partial charge in [-0.05, 0) is 64.2 Å². The van der Waals surface area contributed by atoms with Crippen molar-refractivity contribution in [1.29, 1.82) is 0 Å². The van der Waals surface area contributed by atoms with E-state index in [1.54, 1.807) is 0 Å². The summed E-state index contributed by atoms with van der Waals surface area (Å²) in [5.74, 6) is 1.45. The molecule has 3 nitrogen and oxygen atoms in total. The van der Waals surface area contributed by atoms with Crippen molar-refractivity contribution in [3.8, 4) is 0 Å². The van der Waals surface area contributed by atoms with E-state index in [1.165, 1.54) is 45.3 Å². The maximum Gasteiger partial charge on any atom is 0.0120 e. The molecule has 0 aromatic carbocycles. The van der Waals surface area contributed by atoms with Crippen LogP contribution in [0.3, 0.4) is 0 Å². The van der Waals surface area contributed by atoms with Crippen LogP contribution in [0.15, 0.2) is 0 Å². The first-order valence-electron chi connectivity index (χ1n) is 6.42. The van der Waals surface area contributed by atoms with Gasteiger partial charge in [0.1, 0.15) is 0 Å². The van der Waals surface area contributed by atoms with Crippen LogP contribution in [0.1, 0.15) is 25.7 Å². The van der Waals surface area contributed by atoms with Crippen molar-refractivity contribution in [3.63, 3.8) is 0 Å². The minimum atomic E-state index is 0.417. The molecule has 0 aliphatic carbocycles. The Morgan fingerprint density at radius 1 is 1.27 bits per heavy atom. The van der Waals surface area contributed by atoms with Gasteiger partial charge in [-0.2, -0.15) is 0 Å². The molecular weight excluding hydrogens is 186 g/mol. The van der Waals surface area contributed by atoms with E-state index in [0.717, 1.165) is 18.4 Å². The van der Waals surface area contributed by atoms with Gasteiger partial charge < -0.3 is 16.0 Å². The Kier molecular flexibility index (Phi) is 4.00. The van der Waals surface area contributed by atoms with Crippen molar-refractivity contribution in [2.24, 2.45) is 17.6 Å². The van der Waals surface area contributed by atoms with Crippen LogP contribution >= 0.6 is 0 Å². The van der Waals surface area contributed by atoms with Crippen LogP contribution in [0, 0.1) is 11.8 Å². The molecule has 3 N–H and O–H groups in total. The molecule has 0 bridgehead atoms. The number of nitrogens with zero attached hydrogens (tertiary/aromatic N) is 1. The zero-order valence-corrected chi connectivity index (χ0v) is 9.91. The molecule has 3 atom stereocenters. The third-order valence-electron chi connectivity index (χ3n) is 4.08. The van der Waals surface area contributed by atoms with Crippen LogP contribution in [0.4, 0.5) is 0 Å². The van der Waals surface area contributed by atoms with Crippen molar-refractivity contribution >= 4 is 0 Å². The van der Waals surface area contributed by atoms with Crippen molar-refractivity contribution in [1.82, 2.24) is 10.2 Å². The highest BCUT2D eigenvalue weighted by Crippen LogP contribution is 2.25. The quantitative estimate of drug-likeness (QED) is 0.705. The third-order valence-corrected chi connectivity index (χ3v) is 4.08. The van der Waals surface area contributed by atoms with Crippen molar-refractivity contribution in [2.75, 3.05) is 33.2 Å². The second-order valence-corrected chi connectivity index (χ2v) is 5.35. The Balaban J connectivity index is 1.85. The molecule has 2 heterocycles. The third kappa shape index (κ3) is 2.92. The summed E-state index contributed by atoms with van der Waals surface area (Å²) in [5, 5.41) is 3.47. The lowest BCUT2D eigenvalue weighted by molar-refractivity contribution is 0.152. The molecule has 2 saturated heterocycles. The van der Waals surface area contributed by atoms with E-state index in [0.29, 0.717) is 6.04 Å². The molecule has 2 fully saturated rings. The minimum Gasteiger partial charge on any atom is -0.327 e. The van der Waals surface area contributed by atoms with E-state index >= 15 is 0 Å². The Morgan fingerprint density at radius 3 is 2.73 bits per heavy atom. The summed E-state index contributed by atoms with van der Waals surface area (Å²) in [5.41, 5.74) is 6.42. The lowest BCUT2D eigenvalue weighted by Gasteiger charge is -2.38. The zero-order valence-electron chi connectivity index (χ0n) is 9.91. The number of nitrogens with two attached hydrogens (primary N) is 1. The normalized spacial score (nSPS) is 36.4. The minimum absolute atomic E-state index is 0.417. The second-order valence-electron chi connectivity index (χ2n) is 5.35. The zero-order chi connectivity index (χ0) is 10.7. The molecule has 3 heteroatoms. The van der Waals surface area contributed by atoms with Crippen molar-refractivity contribution in [3.05, 3.63) is 0 Å². The highest BCUT2D eigenvalue weighted by molar-refractivity contribution is 4.87. The van der Waals surface area contributed by atoms with Gasteiger partial charge in [0.25, 0.3) is 0 Å². The summed E-state index contributed by atoms with van der Waals surface area (Å²) < 4.78 is 0. The Morgan fingerprint density at radius 2 is 2.07 bits per heavy atom. The fourth-order valence-electron chi connectivity index (χ4n) is 3.11. The first-order chi connectivity index (χ1) is 7.27. The van der Waals surface area contributed by atoms with Gasteiger partial charge in [-0.15, -0.1) is 0 Å². The van der Waals surface area contributed by atoms with Gasteiger partial charge in [0.2, 0.25) is 0 Å². The number of hydrogen-bond acceptors (Lipinski definition) is 3. The number of piperidine rings is 2. The van der Waals surface area contributed by atoms with Gasteiger partial charge in [0.05, 0.1) is 0 Å². The fourth-order valence-corrected chi connectivity index (χ4v) is 3.11. The average molecular weight is 211 g/mol. The first-order valence-corrected chi connectivity index (χ1v) is 6.42. The summed E-state index contributed by atoms with van der Waals surface area (Å²) in [6.07, 6.45) is 5.30. The van der Waals surface area contributed by atoms with Gasteiger partial charge in [-0.1, -0.05) is 0 Å². The number of likely N-dealkylation sites (tertiary alicyclic amines) is 1. The molecule has 0 radical (unpaired) electrons. The Hall–Kier alpha value is -0.120. The summed E-state index contributed by atoms with van der Waals surface area (Å²) in [6, 6.07) is 0.417. The number of hydrogen-bond donors (Lipinski definition) is 2. The summed E-state index contributed by atoms with van der Waals surface area (Å²) in [7, 11) is 2.22. The summed E-state index contributed by atoms with van der Waals surface area (Å²) in [6.45, 7) is 4.79. The maximum absolute atomic E-state index is 6.42. The highest BCUT2D eigenvalue weighted by Gasteiger charge is 2.29. The highest BCUT2D eigenvalue weighted by atomic mass is 15.1. The molecule has 2 rings (SSSR count). The molecule has 0 aromatic heterocycles. The van der Waals surface area contributed by atoms with Crippen LogP contribution in [0.5, 0.6) is 0 Å². The van der Waals surface area contributed by atoms with Gasteiger partial charge in [0.15, 0.2) is 0 Å². The summed E-state index contributed by atoms with van der Waals surface area (Å²) >= 11 is 0. The van der Waals surface area contributed by atoms with E-state index in [9.17, 15) is 0 Å². The van der Waals surface area contributed by atoms with Crippen LogP contribution in [-0.2, 0) is 0 Å². The summed E-state index contributed by atoms with van der Waals surface area (Å²) in [4.78, 5) is 2.43. The SMILES string of the molecule is CN1CCCC(C(N)C2CCCNC2)C1. The molecule has 0 amide bonds. The second kappa shape index (κ2) is 5.28. The average Bonchev–Trinajstić information content (AvgIpc) is 2.29. The maximum atomic E-state index is 6.42. The number of rotatable bonds is 2. The lowest BCUT2D eigenvalue weighted by atomic mass is 9.80. The molecule has 15 heavy (non-hydrogen) atoms. The smallest absolute Gasteiger partial charge is 0.0120 e. The topological polar surface area (TPSA) is 41.3 Å². The molecule has 0 spiro atoms. The van der Waals surface area contributed by atoms with Crippen LogP contribution in [-0.4, -0.2) is 44.2 Å². The van der Waals surface area contributed by atoms with E-state index in [4.69, 9.17) is 5.73 Å². The van der Waals surface area contributed by atoms with Crippen LogP contribution < -0.4 is 11.1 Å². The van der Waals surface area contributed by atoms with E-state index in [1.807, 2.05) is 0 Å². The lowest BCUT2D eigenvalue weighted by Crippen LogP contribution is -2.49. The number of nitrogens with one attached hydrogen (secondary N) is 1. The van der Waals surface area contributed by atoms with E-state index in [2.05, 4.69) is 17.3 Å². The largest absolute Gasteiger partial charge is 0.327 e. The van der Waals surface area contributed by atoms with Crippen molar-refractivity contribution in [2.45, 2.75) is 31.7 Å². The molecule has 2 aliphatic rings. The molecule has 3 unspecified atom stereocenters. The van der Waals surface area contributed by atoms with Crippen molar-refractivity contribution < 1.29 is 0 Å². The van der Waals surface area contributed by atoms with Gasteiger partial charge in [-0.3, -0.25) is 0 Å². The molecule has 0 aromatic rings. The van der Waals surface area contributed by atoms with Gasteiger partial charge in [0, 0.05) is 12.6 Å². The molecule has 88 valence electrons. The van der Waals surface area contributed by atoms with Crippen LogP contribution in [0.25, 0.3) is 0 Å². The Labute approximate surface area is 93.4 Å². The predicted octanol–water partition coefficient (Wildman–Crippen LogP) is 0.655. The van der Waals surface area contributed by atoms with Gasteiger partial charge in [-0.25, -0.2) is 0 Å². The van der Waals surface area contributed by atoms with E-state index in [-0.39, 0.29) is 0 Å². The predicted molar refractivity (Wildman–Crippen MR) is 63.8 cm³/mol. The molecule has 0 saturated carbocycles. The Bertz CT molecular complexity index is 189. The standard InChI is InChI=1S/C12H25N3/c1-15-7-3-5-11(9-15)12(13)10-4-2-6-14-8-10/h10-12,14H,2-9,13H2,1H3. The first kappa shape index (κ1) is 11.4. The van der Waals surface area contributed by atoms with Crippen LogP contribution in [0.2, 0.25) is 0 Å². The monoisotopic (exact) mass is 211 g/mol. The molecule has 2 aliphatic heterocycles. The fraction of sp³-hybridized carbons (Fsp3) is 1.00. The van der Waals surface area contributed by atoms with E-state index < -0.39 is 0 Å². The van der Waals surface area contributed by atoms with Gasteiger partial charge >= 0.3 is 0 Å². The molecular formula is C12H25N3.